The van der Waals surface area contributed by atoms with Crippen LogP contribution >= 0.6 is 0 Å². The van der Waals surface area contributed by atoms with E-state index in [0.717, 1.165) is 0 Å². The number of H-pyrrole nitrogens is 1. The molecule has 0 spiro atoms. The molecule has 1 aromatic rings. The number of nitrogens with one attached hydrogen (secondary N) is 1. The summed E-state index contributed by atoms with van der Waals surface area (Å²) in [4.78, 5) is 31.6. The van der Waals surface area contributed by atoms with Gasteiger partial charge in [-0.25, -0.2) is 4.79 Å². The molecular weight excluding hydrogens is 194 g/mol. The molecule has 14 heavy (non-hydrogen) atoms. The highest BCUT2D eigenvalue weighted by Crippen LogP contribution is 2.06. The van der Waals surface area contributed by atoms with Gasteiger partial charge in [0.15, 0.2) is 11.3 Å². The fourth-order valence-electron chi connectivity index (χ4n) is 0.950. The van der Waals surface area contributed by atoms with Gasteiger partial charge in [-0.05, 0) is 0 Å². The third kappa shape index (κ3) is 2.00. The van der Waals surface area contributed by atoms with Crippen LogP contribution in [-0.2, 0) is 11.2 Å². The van der Waals surface area contributed by atoms with E-state index in [4.69, 9.17) is 10.2 Å². The van der Waals surface area contributed by atoms with Crippen LogP contribution in [0.1, 0.15) is 22.5 Å². The van der Waals surface area contributed by atoms with E-state index in [1.54, 1.807) is 0 Å². The summed E-state index contributed by atoms with van der Waals surface area (Å²) in [6.45, 7) is 0. The molecule has 0 fully saturated rings. The van der Waals surface area contributed by atoms with Crippen LogP contribution in [0.2, 0.25) is 0 Å². The zero-order valence-electron chi connectivity index (χ0n) is 6.94. The van der Waals surface area contributed by atoms with Crippen LogP contribution in [-0.4, -0.2) is 27.3 Å². The second kappa shape index (κ2) is 3.77. The highest BCUT2D eigenvalue weighted by atomic mass is 16.5. The summed E-state index contributed by atoms with van der Waals surface area (Å²) >= 11 is 0. The van der Waals surface area contributed by atoms with Crippen molar-refractivity contribution >= 4 is 11.9 Å². The molecule has 1 heterocycles. The Kier molecular flexibility index (Phi) is 2.70. The molecule has 0 bridgehead atoms. The van der Waals surface area contributed by atoms with Gasteiger partial charge in [-0.3, -0.25) is 9.59 Å². The summed E-state index contributed by atoms with van der Waals surface area (Å²) in [5.74, 6) is -2.67. The molecule has 3 N–H and O–H groups in total. The molecule has 0 aliphatic carbocycles. The largest absolute Gasteiger partial charge is 0.481 e. The van der Waals surface area contributed by atoms with Crippen molar-refractivity contribution in [3.05, 3.63) is 21.7 Å². The molecule has 0 atom stereocenters. The topological polar surface area (TPSA) is 121 Å². The monoisotopic (exact) mass is 201 g/mol. The Labute approximate surface area is 76.9 Å². The van der Waals surface area contributed by atoms with Gasteiger partial charge in [0.1, 0.15) is 0 Å². The average molecular weight is 201 g/mol. The molecule has 0 aliphatic rings. The molecule has 1 rings (SSSR count). The number of aromatic nitrogens is 1. The maximum atomic E-state index is 10.8. The standard InChI is InChI=1S/C7H7NO6/c9-4(10)2-1-3-5(7(12)13)6(11)8-14-3/h1-2H2,(H,8,11)(H,9,10)(H,12,13). The lowest BCUT2D eigenvalue weighted by molar-refractivity contribution is -0.137. The molecule has 7 nitrogen and oxygen atoms in total. The van der Waals surface area contributed by atoms with E-state index >= 15 is 0 Å². The fourth-order valence-corrected chi connectivity index (χ4v) is 0.950. The lowest BCUT2D eigenvalue weighted by Crippen LogP contribution is -2.13. The van der Waals surface area contributed by atoms with Crippen LogP contribution in [0.3, 0.4) is 0 Å². The smallest absolute Gasteiger partial charge is 0.345 e. The Balaban J connectivity index is 2.92. The van der Waals surface area contributed by atoms with E-state index in [1.165, 1.54) is 0 Å². The van der Waals surface area contributed by atoms with Gasteiger partial charge >= 0.3 is 11.9 Å². The third-order valence-electron chi connectivity index (χ3n) is 1.55. The summed E-state index contributed by atoms with van der Waals surface area (Å²) in [6.07, 6.45) is -0.420. The molecule has 0 amide bonds. The molecule has 76 valence electrons. The number of carboxylic acids is 2. The maximum absolute atomic E-state index is 10.8. The summed E-state index contributed by atoms with van der Waals surface area (Å²) < 4.78 is 4.53. The first-order chi connectivity index (χ1) is 6.52. The summed E-state index contributed by atoms with van der Waals surface area (Å²) in [5.41, 5.74) is -1.40. The SMILES string of the molecule is O=C(O)CCc1o[nH]c(=O)c1C(=O)O. The van der Waals surface area contributed by atoms with Crippen molar-refractivity contribution in [1.29, 1.82) is 0 Å². The number of carboxylic acid groups (broad SMARTS) is 2. The van der Waals surface area contributed by atoms with Crippen molar-refractivity contribution < 1.29 is 24.3 Å². The fraction of sp³-hybridized carbons (Fsp3) is 0.286. The van der Waals surface area contributed by atoms with Crippen LogP contribution in [0.15, 0.2) is 9.32 Å². The minimum Gasteiger partial charge on any atom is -0.481 e. The molecule has 7 heteroatoms. The quantitative estimate of drug-likeness (QED) is 0.614. The molecular formula is C7H7NO6. The van der Waals surface area contributed by atoms with E-state index in [0.29, 0.717) is 0 Å². The van der Waals surface area contributed by atoms with E-state index in [-0.39, 0.29) is 18.6 Å². The third-order valence-corrected chi connectivity index (χ3v) is 1.55. The zero-order chi connectivity index (χ0) is 10.7. The van der Waals surface area contributed by atoms with Crippen LogP contribution in [0, 0.1) is 0 Å². The summed E-state index contributed by atoms with van der Waals surface area (Å²) in [5, 5.41) is 18.7. The number of aromatic amines is 1. The molecule has 0 aromatic carbocycles. The Bertz CT molecular complexity index is 414. The van der Waals surface area contributed by atoms with Gasteiger partial charge in [0.05, 0.1) is 6.42 Å². The number of carbonyl (C=O) groups is 2. The first-order valence-corrected chi connectivity index (χ1v) is 3.67. The number of hydrogen-bond acceptors (Lipinski definition) is 4. The Morgan fingerprint density at radius 2 is 2.00 bits per heavy atom. The van der Waals surface area contributed by atoms with Crippen LogP contribution in [0.4, 0.5) is 0 Å². The van der Waals surface area contributed by atoms with Crippen molar-refractivity contribution in [2.75, 3.05) is 0 Å². The van der Waals surface area contributed by atoms with Gasteiger partial charge in [0.2, 0.25) is 0 Å². The highest BCUT2D eigenvalue weighted by molar-refractivity contribution is 5.88. The van der Waals surface area contributed by atoms with E-state index in [9.17, 15) is 14.4 Å². The second-order valence-corrected chi connectivity index (χ2v) is 2.53. The number of aliphatic carboxylic acids is 1. The molecule has 0 unspecified atom stereocenters. The van der Waals surface area contributed by atoms with Gasteiger partial charge in [0.25, 0.3) is 5.56 Å². The van der Waals surface area contributed by atoms with Gasteiger partial charge in [-0.15, -0.1) is 0 Å². The van der Waals surface area contributed by atoms with Gasteiger partial charge in [-0.2, -0.15) is 5.16 Å². The van der Waals surface area contributed by atoms with Crippen molar-refractivity contribution in [2.45, 2.75) is 12.8 Å². The summed E-state index contributed by atoms with van der Waals surface area (Å²) in [6, 6.07) is 0. The van der Waals surface area contributed by atoms with Crippen molar-refractivity contribution in [2.24, 2.45) is 0 Å². The lowest BCUT2D eigenvalue weighted by atomic mass is 10.2. The van der Waals surface area contributed by atoms with Crippen LogP contribution in [0.5, 0.6) is 0 Å². The van der Waals surface area contributed by atoms with Gasteiger partial charge < -0.3 is 14.7 Å². The molecule has 0 radical (unpaired) electrons. The lowest BCUT2D eigenvalue weighted by Gasteiger charge is -1.92. The molecule has 0 saturated carbocycles. The number of aryl methyl sites for hydroxylation is 1. The highest BCUT2D eigenvalue weighted by Gasteiger charge is 2.19. The Morgan fingerprint density at radius 3 is 2.50 bits per heavy atom. The molecule has 1 aromatic heterocycles. The van der Waals surface area contributed by atoms with Crippen molar-refractivity contribution in [3.8, 4) is 0 Å². The van der Waals surface area contributed by atoms with E-state index < -0.39 is 23.1 Å². The van der Waals surface area contributed by atoms with E-state index in [1.807, 2.05) is 5.16 Å². The molecule has 0 aliphatic heterocycles. The average Bonchev–Trinajstić information content (AvgIpc) is 2.43. The van der Waals surface area contributed by atoms with Gasteiger partial charge in [-0.1, -0.05) is 0 Å². The first kappa shape index (κ1) is 10.0. The second-order valence-electron chi connectivity index (χ2n) is 2.53. The van der Waals surface area contributed by atoms with Crippen LogP contribution in [0.25, 0.3) is 0 Å². The summed E-state index contributed by atoms with van der Waals surface area (Å²) in [7, 11) is 0. The Morgan fingerprint density at radius 1 is 1.36 bits per heavy atom. The predicted octanol–water partition coefficient (Wildman–Crippen LogP) is -0.317. The predicted molar refractivity (Wildman–Crippen MR) is 42.2 cm³/mol. The number of hydrogen-bond donors (Lipinski definition) is 3. The zero-order valence-corrected chi connectivity index (χ0v) is 6.94. The van der Waals surface area contributed by atoms with Crippen molar-refractivity contribution in [1.82, 2.24) is 5.16 Å². The Hall–Kier alpha value is -2.05. The van der Waals surface area contributed by atoms with E-state index in [2.05, 4.69) is 4.52 Å². The number of rotatable bonds is 4. The first-order valence-electron chi connectivity index (χ1n) is 3.67. The van der Waals surface area contributed by atoms with Gasteiger partial charge in [0, 0.05) is 6.42 Å². The maximum Gasteiger partial charge on any atom is 0.345 e. The van der Waals surface area contributed by atoms with Crippen LogP contribution < -0.4 is 5.56 Å². The minimum atomic E-state index is -1.43. The normalized spacial score (nSPS) is 10.0. The van der Waals surface area contributed by atoms with Crippen molar-refractivity contribution in [3.63, 3.8) is 0 Å². The minimum absolute atomic E-state index is 0.129. The molecule has 0 saturated heterocycles. The number of aromatic carboxylic acids is 1.